The smallest absolute Gasteiger partial charge is 0.191 e. The van der Waals surface area contributed by atoms with Crippen LogP contribution in [0.15, 0.2) is 5.16 Å². The standard InChI is InChI=1S/C17H30N4O3S2/c1-13(2)9-21-5-6-24-15(10-21)11-25-17-19-18-16(20(17)3)8-14-4-7-26(22,23)12-14/h13-15H,4-12H2,1-3H3/t14-,15-/m0/s1. The third-order valence-corrected chi connectivity index (χ3v) is 7.96. The Hall–Kier alpha value is -0.640. The molecule has 0 saturated carbocycles. The second kappa shape index (κ2) is 8.58. The van der Waals surface area contributed by atoms with Crippen LogP contribution in [0.5, 0.6) is 0 Å². The maximum absolute atomic E-state index is 11.6. The van der Waals surface area contributed by atoms with E-state index in [-0.39, 0.29) is 17.8 Å². The molecule has 2 fully saturated rings. The molecule has 9 heteroatoms. The summed E-state index contributed by atoms with van der Waals surface area (Å²) in [6.45, 7) is 8.38. The Morgan fingerprint density at radius 2 is 2.15 bits per heavy atom. The molecule has 1 aromatic rings. The third-order valence-electron chi connectivity index (χ3n) is 4.97. The second-order valence-electron chi connectivity index (χ2n) is 7.89. The Labute approximate surface area is 160 Å². The molecule has 2 aliphatic heterocycles. The summed E-state index contributed by atoms with van der Waals surface area (Å²) in [6.07, 6.45) is 1.64. The lowest BCUT2D eigenvalue weighted by Gasteiger charge is -2.33. The molecule has 0 bridgehead atoms. The quantitative estimate of drug-likeness (QED) is 0.635. The predicted octanol–water partition coefficient (Wildman–Crippen LogP) is 1.24. The SMILES string of the molecule is CC(C)CN1CCO[C@H](CSc2nnc(C[C@@H]3CCS(=O)(=O)C3)n2C)C1. The zero-order valence-corrected chi connectivity index (χ0v) is 17.6. The van der Waals surface area contributed by atoms with Crippen molar-refractivity contribution >= 4 is 21.6 Å². The lowest BCUT2D eigenvalue weighted by atomic mass is 10.1. The van der Waals surface area contributed by atoms with Crippen LogP contribution in [0.1, 0.15) is 26.1 Å². The summed E-state index contributed by atoms with van der Waals surface area (Å²) in [5.74, 6) is 3.17. The van der Waals surface area contributed by atoms with Crippen molar-refractivity contribution in [3.05, 3.63) is 5.82 Å². The van der Waals surface area contributed by atoms with E-state index in [2.05, 4.69) is 28.9 Å². The van der Waals surface area contributed by atoms with Gasteiger partial charge >= 0.3 is 0 Å². The molecule has 0 amide bonds. The van der Waals surface area contributed by atoms with E-state index in [0.29, 0.717) is 18.1 Å². The second-order valence-corrected chi connectivity index (χ2v) is 11.1. The molecule has 0 spiro atoms. The Balaban J connectivity index is 1.50. The number of thioether (sulfide) groups is 1. The van der Waals surface area contributed by atoms with E-state index in [1.807, 2.05) is 11.6 Å². The Morgan fingerprint density at radius 3 is 2.85 bits per heavy atom. The fourth-order valence-electron chi connectivity index (χ4n) is 3.67. The number of rotatable bonds is 7. The van der Waals surface area contributed by atoms with Gasteiger partial charge in [-0.1, -0.05) is 25.6 Å². The van der Waals surface area contributed by atoms with Crippen molar-refractivity contribution in [3.8, 4) is 0 Å². The predicted molar refractivity (Wildman–Crippen MR) is 103 cm³/mol. The summed E-state index contributed by atoms with van der Waals surface area (Å²) < 4.78 is 31.2. The molecule has 148 valence electrons. The number of hydrogen-bond donors (Lipinski definition) is 0. The average molecular weight is 403 g/mol. The maximum Gasteiger partial charge on any atom is 0.191 e. The van der Waals surface area contributed by atoms with Crippen molar-refractivity contribution in [3.63, 3.8) is 0 Å². The van der Waals surface area contributed by atoms with Crippen LogP contribution in [0.25, 0.3) is 0 Å². The highest BCUT2D eigenvalue weighted by Gasteiger charge is 2.29. The summed E-state index contributed by atoms with van der Waals surface area (Å²) in [6, 6.07) is 0. The van der Waals surface area contributed by atoms with E-state index in [4.69, 9.17) is 4.74 Å². The van der Waals surface area contributed by atoms with Gasteiger partial charge in [-0.15, -0.1) is 10.2 Å². The van der Waals surface area contributed by atoms with Crippen LogP contribution >= 0.6 is 11.8 Å². The van der Waals surface area contributed by atoms with E-state index in [9.17, 15) is 8.42 Å². The first-order chi connectivity index (χ1) is 12.3. The van der Waals surface area contributed by atoms with Gasteiger partial charge in [-0.2, -0.15) is 0 Å². The van der Waals surface area contributed by atoms with Gasteiger partial charge in [-0.3, -0.25) is 4.90 Å². The van der Waals surface area contributed by atoms with Gasteiger partial charge in [0.05, 0.1) is 24.2 Å². The molecule has 2 aliphatic rings. The highest BCUT2D eigenvalue weighted by molar-refractivity contribution is 7.99. The fraction of sp³-hybridized carbons (Fsp3) is 0.882. The van der Waals surface area contributed by atoms with Crippen LogP contribution in [-0.4, -0.2) is 77.7 Å². The van der Waals surface area contributed by atoms with E-state index in [1.54, 1.807) is 11.8 Å². The van der Waals surface area contributed by atoms with Crippen LogP contribution in [0, 0.1) is 11.8 Å². The van der Waals surface area contributed by atoms with Gasteiger partial charge in [0.25, 0.3) is 0 Å². The Morgan fingerprint density at radius 1 is 1.35 bits per heavy atom. The largest absolute Gasteiger partial charge is 0.375 e. The lowest BCUT2D eigenvalue weighted by molar-refractivity contribution is -0.0191. The average Bonchev–Trinajstić information content (AvgIpc) is 3.08. The molecule has 0 N–H and O–H groups in total. The van der Waals surface area contributed by atoms with E-state index in [0.717, 1.165) is 49.4 Å². The van der Waals surface area contributed by atoms with Crippen LogP contribution in [0.4, 0.5) is 0 Å². The van der Waals surface area contributed by atoms with E-state index < -0.39 is 9.84 Å². The molecule has 1 aromatic heterocycles. The topological polar surface area (TPSA) is 77.3 Å². The van der Waals surface area contributed by atoms with Crippen molar-refractivity contribution in [2.45, 2.75) is 37.9 Å². The molecule has 0 radical (unpaired) electrons. The first-order valence-corrected chi connectivity index (χ1v) is 12.2. The molecular formula is C17H30N4O3S2. The molecule has 3 heterocycles. The van der Waals surface area contributed by atoms with Crippen LogP contribution in [0.3, 0.4) is 0 Å². The van der Waals surface area contributed by atoms with E-state index in [1.165, 1.54) is 0 Å². The summed E-state index contributed by atoms with van der Waals surface area (Å²) in [7, 11) is -0.878. The summed E-state index contributed by atoms with van der Waals surface area (Å²) >= 11 is 1.67. The van der Waals surface area contributed by atoms with Crippen LogP contribution in [-0.2, 0) is 28.0 Å². The van der Waals surface area contributed by atoms with Crippen molar-refractivity contribution < 1.29 is 13.2 Å². The number of aromatic nitrogens is 3. The van der Waals surface area contributed by atoms with E-state index >= 15 is 0 Å². The van der Waals surface area contributed by atoms with Gasteiger partial charge in [0.1, 0.15) is 5.82 Å². The fourth-order valence-corrected chi connectivity index (χ4v) is 6.47. The molecule has 0 unspecified atom stereocenters. The molecule has 0 aromatic carbocycles. The normalized spacial score (nSPS) is 26.6. The third kappa shape index (κ3) is 5.43. The van der Waals surface area contributed by atoms with Gasteiger partial charge in [-0.05, 0) is 18.3 Å². The van der Waals surface area contributed by atoms with Crippen molar-refractivity contribution in [2.24, 2.45) is 18.9 Å². The highest BCUT2D eigenvalue weighted by atomic mass is 32.2. The molecule has 2 atom stereocenters. The molecule has 3 rings (SSSR count). The minimum Gasteiger partial charge on any atom is -0.375 e. The molecule has 2 saturated heterocycles. The minimum absolute atomic E-state index is 0.173. The minimum atomic E-state index is -2.84. The van der Waals surface area contributed by atoms with Gasteiger partial charge < -0.3 is 9.30 Å². The maximum atomic E-state index is 11.6. The number of sulfone groups is 1. The zero-order valence-electron chi connectivity index (χ0n) is 15.9. The number of morpholine rings is 1. The first-order valence-electron chi connectivity index (χ1n) is 9.38. The monoisotopic (exact) mass is 402 g/mol. The Kier molecular flexibility index (Phi) is 6.63. The Bertz CT molecular complexity index is 705. The van der Waals surface area contributed by atoms with Crippen molar-refractivity contribution in [2.75, 3.05) is 43.5 Å². The van der Waals surface area contributed by atoms with Gasteiger partial charge in [-0.25, -0.2) is 8.42 Å². The summed E-state index contributed by atoms with van der Waals surface area (Å²) in [5, 5.41) is 9.47. The van der Waals surface area contributed by atoms with Gasteiger partial charge in [0.2, 0.25) is 0 Å². The molecular weight excluding hydrogens is 372 g/mol. The molecule has 7 nitrogen and oxygen atoms in total. The lowest BCUT2D eigenvalue weighted by Crippen LogP contribution is -2.44. The van der Waals surface area contributed by atoms with Crippen molar-refractivity contribution in [1.82, 2.24) is 19.7 Å². The van der Waals surface area contributed by atoms with Crippen LogP contribution < -0.4 is 0 Å². The molecule has 26 heavy (non-hydrogen) atoms. The van der Waals surface area contributed by atoms with Crippen molar-refractivity contribution in [1.29, 1.82) is 0 Å². The first kappa shape index (κ1) is 20.1. The number of hydrogen-bond acceptors (Lipinski definition) is 7. The van der Waals surface area contributed by atoms with Gasteiger partial charge in [0.15, 0.2) is 15.0 Å². The summed E-state index contributed by atoms with van der Waals surface area (Å²) in [4.78, 5) is 2.47. The van der Waals surface area contributed by atoms with Gasteiger partial charge in [0, 0.05) is 38.9 Å². The molecule has 0 aliphatic carbocycles. The summed E-state index contributed by atoms with van der Waals surface area (Å²) in [5.41, 5.74) is 0. The number of ether oxygens (including phenoxy) is 1. The van der Waals surface area contributed by atoms with Crippen LogP contribution in [0.2, 0.25) is 0 Å². The zero-order chi connectivity index (χ0) is 18.7. The number of nitrogens with zero attached hydrogens (tertiary/aromatic N) is 4. The highest BCUT2D eigenvalue weighted by Crippen LogP contribution is 2.24.